The zero-order valence-corrected chi connectivity index (χ0v) is 21.0. The highest BCUT2D eigenvalue weighted by atomic mass is 35.5. The first-order valence-electron chi connectivity index (χ1n) is 10.2. The van der Waals surface area contributed by atoms with Crippen LogP contribution in [0.4, 0.5) is 0 Å². The average molecular weight is 510 g/mol. The normalized spacial score (nSPS) is 13.7. The van der Waals surface area contributed by atoms with Gasteiger partial charge in [0, 0.05) is 18.3 Å². The third-order valence-electron chi connectivity index (χ3n) is 5.02. The van der Waals surface area contributed by atoms with Gasteiger partial charge in [-0.2, -0.15) is 0 Å². The van der Waals surface area contributed by atoms with Crippen LogP contribution in [-0.4, -0.2) is 22.8 Å². The predicted molar refractivity (Wildman–Crippen MR) is 128 cm³/mol. The second-order valence-corrected chi connectivity index (χ2v) is 9.51. The highest BCUT2D eigenvalue weighted by Gasteiger charge is 2.28. The van der Waals surface area contributed by atoms with Crippen molar-refractivity contribution < 1.29 is 19.7 Å². The Balaban J connectivity index is 2.38. The number of halogens is 4. The smallest absolute Gasteiger partial charge is 0.197 e. The highest BCUT2D eigenvalue weighted by Crippen LogP contribution is 2.44. The van der Waals surface area contributed by atoms with Crippen LogP contribution in [0.2, 0.25) is 20.1 Å². The SMILES string of the molecule is CCCC(O)Oc1c(Cl)cc(C(C)(C)c2cc(Cl)c(OC(O)CCC)c(Cl)c2)cc1Cl. The molecule has 2 aromatic rings. The van der Waals surface area contributed by atoms with Crippen molar-refractivity contribution in [3.8, 4) is 11.5 Å². The van der Waals surface area contributed by atoms with Gasteiger partial charge < -0.3 is 19.7 Å². The fourth-order valence-electron chi connectivity index (χ4n) is 3.12. The second kappa shape index (κ2) is 11.3. The number of hydrogen-bond donors (Lipinski definition) is 2. The van der Waals surface area contributed by atoms with E-state index in [0.29, 0.717) is 32.9 Å². The summed E-state index contributed by atoms with van der Waals surface area (Å²) in [6.45, 7) is 7.85. The summed E-state index contributed by atoms with van der Waals surface area (Å²) in [6.07, 6.45) is 0.506. The van der Waals surface area contributed by atoms with Crippen LogP contribution in [-0.2, 0) is 5.41 Å². The molecule has 0 spiro atoms. The van der Waals surface area contributed by atoms with Gasteiger partial charge in [0.05, 0.1) is 20.1 Å². The van der Waals surface area contributed by atoms with Crippen molar-refractivity contribution in [3.05, 3.63) is 55.5 Å². The molecule has 2 rings (SSSR count). The summed E-state index contributed by atoms with van der Waals surface area (Å²) in [7, 11) is 0. The van der Waals surface area contributed by atoms with Gasteiger partial charge in [0.2, 0.25) is 0 Å². The molecule has 0 heterocycles. The molecule has 8 heteroatoms. The van der Waals surface area contributed by atoms with Crippen LogP contribution in [0.3, 0.4) is 0 Å². The van der Waals surface area contributed by atoms with Crippen molar-refractivity contribution >= 4 is 46.4 Å². The molecule has 2 unspecified atom stereocenters. The van der Waals surface area contributed by atoms with E-state index >= 15 is 0 Å². The Hall–Kier alpha value is -0.880. The molecular weight excluding hydrogens is 482 g/mol. The first kappa shape index (κ1) is 26.4. The van der Waals surface area contributed by atoms with E-state index < -0.39 is 18.0 Å². The van der Waals surface area contributed by atoms with Crippen LogP contribution in [0, 0.1) is 0 Å². The summed E-state index contributed by atoms with van der Waals surface area (Å²) >= 11 is 25.7. The Kier molecular flexibility index (Phi) is 9.62. The van der Waals surface area contributed by atoms with Gasteiger partial charge in [-0.05, 0) is 35.4 Å². The van der Waals surface area contributed by atoms with Crippen LogP contribution < -0.4 is 9.47 Å². The van der Waals surface area contributed by atoms with E-state index in [1.54, 1.807) is 24.3 Å². The van der Waals surface area contributed by atoms with Gasteiger partial charge in [0.15, 0.2) is 24.1 Å². The monoisotopic (exact) mass is 508 g/mol. The molecule has 0 aromatic heterocycles. The Morgan fingerprint density at radius 3 is 1.26 bits per heavy atom. The van der Waals surface area contributed by atoms with Crippen molar-refractivity contribution in [2.24, 2.45) is 0 Å². The van der Waals surface area contributed by atoms with Crippen molar-refractivity contribution in [2.75, 3.05) is 0 Å². The van der Waals surface area contributed by atoms with E-state index in [1.807, 2.05) is 27.7 Å². The van der Waals surface area contributed by atoms with Crippen LogP contribution in [0.5, 0.6) is 11.5 Å². The zero-order valence-electron chi connectivity index (χ0n) is 18.0. The zero-order chi connectivity index (χ0) is 23.3. The number of ether oxygens (including phenoxy) is 2. The standard InChI is InChI=1S/C23H28Cl4O4/c1-5-7-19(28)30-21-15(24)9-13(10-16(21)25)23(3,4)14-11-17(26)22(18(27)12-14)31-20(29)8-6-2/h9-12,19-20,28-29H,5-8H2,1-4H3. The quantitative estimate of drug-likeness (QED) is 0.323. The molecule has 172 valence electrons. The maximum Gasteiger partial charge on any atom is 0.197 e. The van der Waals surface area contributed by atoms with Gasteiger partial charge in [0.25, 0.3) is 0 Å². The van der Waals surface area contributed by atoms with Crippen LogP contribution >= 0.6 is 46.4 Å². The molecular formula is C23H28Cl4O4. The van der Waals surface area contributed by atoms with Crippen LogP contribution in [0.15, 0.2) is 24.3 Å². The van der Waals surface area contributed by atoms with Crippen LogP contribution in [0.25, 0.3) is 0 Å². The lowest BCUT2D eigenvalue weighted by Gasteiger charge is -2.28. The summed E-state index contributed by atoms with van der Waals surface area (Å²) in [4.78, 5) is 0. The number of aliphatic hydroxyl groups is 2. The fraction of sp³-hybridized carbons (Fsp3) is 0.478. The molecule has 0 saturated heterocycles. The van der Waals surface area contributed by atoms with E-state index in [0.717, 1.165) is 24.0 Å². The Morgan fingerprint density at radius 2 is 1.00 bits per heavy atom. The number of hydrogen-bond acceptors (Lipinski definition) is 4. The minimum absolute atomic E-state index is 0.244. The summed E-state index contributed by atoms with van der Waals surface area (Å²) in [5, 5.41) is 21.1. The third kappa shape index (κ3) is 6.56. The topological polar surface area (TPSA) is 58.9 Å². The molecule has 2 N–H and O–H groups in total. The molecule has 0 aliphatic heterocycles. The fourth-order valence-corrected chi connectivity index (χ4v) is 4.27. The lowest BCUT2D eigenvalue weighted by molar-refractivity contribution is -0.0236. The van der Waals surface area contributed by atoms with Crippen molar-refractivity contribution in [1.29, 1.82) is 0 Å². The lowest BCUT2D eigenvalue weighted by atomic mass is 9.78. The number of benzene rings is 2. The van der Waals surface area contributed by atoms with E-state index in [4.69, 9.17) is 55.9 Å². The predicted octanol–water partition coefficient (Wildman–Crippen LogP) is 7.62. The maximum atomic E-state index is 9.94. The number of rotatable bonds is 10. The van der Waals surface area contributed by atoms with Crippen molar-refractivity contribution in [1.82, 2.24) is 0 Å². The molecule has 0 radical (unpaired) electrons. The molecule has 0 saturated carbocycles. The molecule has 0 bridgehead atoms. The van der Waals surface area contributed by atoms with Gasteiger partial charge >= 0.3 is 0 Å². The van der Waals surface area contributed by atoms with Gasteiger partial charge in [-0.15, -0.1) is 0 Å². The molecule has 0 aliphatic rings. The van der Waals surface area contributed by atoms with E-state index in [1.165, 1.54) is 0 Å². The lowest BCUT2D eigenvalue weighted by Crippen LogP contribution is -2.20. The first-order chi connectivity index (χ1) is 14.5. The Labute approximate surface area is 204 Å². The molecule has 0 fully saturated rings. The van der Waals surface area contributed by atoms with E-state index in [-0.39, 0.29) is 11.5 Å². The summed E-state index contributed by atoms with van der Waals surface area (Å²) < 4.78 is 11.0. The van der Waals surface area contributed by atoms with Crippen molar-refractivity contribution in [3.63, 3.8) is 0 Å². The molecule has 2 atom stereocenters. The molecule has 2 aromatic carbocycles. The maximum absolute atomic E-state index is 9.94. The van der Waals surface area contributed by atoms with E-state index in [2.05, 4.69) is 0 Å². The van der Waals surface area contributed by atoms with Gasteiger partial charge in [-0.3, -0.25) is 0 Å². The largest absolute Gasteiger partial charge is 0.462 e. The first-order valence-corrected chi connectivity index (χ1v) is 11.7. The van der Waals surface area contributed by atoms with Gasteiger partial charge in [-0.25, -0.2) is 0 Å². The molecule has 0 aliphatic carbocycles. The minimum Gasteiger partial charge on any atom is -0.462 e. The summed E-state index contributed by atoms with van der Waals surface area (Å²) in [5.74, 6) is 0.488. The van der Waals surface area contributed by atoms with Crippen LogP contribution in [0.1, 0.15) is 64.5 Å². The number of aliphatic hydroxyl groups excluding tert-OH is 2. The molecule has 0 amide bonds. The van der Waals surface area contributed by atoms with E-state index in [9.17, 15) is 10.2 Å². The molecule has 31 heavy (non-hydrogen) atoms. The molecule has 4 nitrogen and oxygen atoms in total. The Bertz CT molecular complexity index is 784. The average Bonchev–Trinajstić information content (AvgIpc) is 2.67. The Morgan fingerprint density at radius 1 is 0.710 bits per heavy atom. The summed E-state index contributed by atoms with van der Waals surface area (Å²) in [6, 6.07) is 6.99. The minimum atomic E-state index is -0.980. The highest BCUT2D eigenvalue weighted by molar-refractivity contribution is 6.38. The third-order valence-corrected chi connectivity index (χ3v) is 6.14. The van der Waals surface area contributed by atoms with Crippen molar-refractivity contribution in [2.45, 2.75) is 71.4 Å². The second-order valence-electron chi connectivity index (χ2n) is 7.89. The van der Waals surface area contributed by atoms with Gasteiger partial charge in [0.1, 0.15) is 0 Å². The summed E-state index contributed by atoms with van der Waals surface area (Å²) in [5.41, 5.74) is 1.06. The van der Waals surface area contributed by atoms with Gasteiger partial charge in [-0.1, -0.05) is 86.9 Å².